The van der Waals surface area contributed by atoms with Crippen molar-refractivity contribution < 1.29 is 9.53 Å². The minimum Gasteiger partial charge on any atom is -0.489 e. The Morgan fingerprint density at radius 3 is 2.62 bits per heavy atom. The van der Waals surface area contributed by atoms with E-state index in [9.17, 15) is 4.79 Å². The van der Waals surface area contributed by atoms with Crippen molar-refractivity contribution in [2.24, 2.45) is 5.84 Å². The van der Waals surface area contributed by atoms with E-state index in [0.29, 0.717) is 18.0 Å². The highest BCUT2D eigenvalue weighted by molar-refractivity contribution is 5.96. The first-order valence-electron chi connectivity index (χ1n) is 7.54. The molecule has 6 heteroatoms. The number of hydrogen-bond donors (Lipinski definition) is 3. The SMILES string of the molecule is CC(=N)c1ccc(OCc2ccccc2NC(=O)N(C)N)c(C)c1. The number of anilines is 1. The van der Waals surface area contributed by atoms with Crippen LogP contribution < -0.4 is 15.9 Å². The van der Waals surface area contributed by atoms with Gasteiger partial charge < -0.3 is 15.5 Å². The maximum Gasteiger partial charge on any atom is 0.335 e. The molecule has 4 N–H and O–H groups in total. The van der Waals surface area contributed by atoms with Crippen LogP contribution in [-0.2, 0) is 6.61 Å². The van der Waals surface area contributed by atoms with E-state index in [1.54, 1.807) is 13.0 Å². The fourth-order valence-electron chi connectivity index (χ4n) is 2.17. The number of nitrogens with zero attached hydrogens (tertiary/aromatic N) is 1. The first kappa shape index (κ1) is 17.5. The van der Waals surface area contributed by atoms with Crippen LogP contribution >= 0.6 is 0 Å². The van der Waals surface area contributed by atoms with Gasteiger partial charge in [0.05, 0.1) is 0 Å². The molecule has 0 radical (unpaired) electrons. The molecule has 126 valence electrons. The summed E-state index contributed by atoms with van der Waals surface area (Å²) in [6.07, 6.45) is 0. The number of urea groups is 1. The third-order valence-corrected chi connectivity index (χ3v) is 3.57. The Bertz CT molecular complexity index is 756. The number of amides is 2. The van der Waals surface area contributed by atoms with E-state index in [1.165, 1.54) is 7.05 Å². The fourth-order valence-corrected chi connectivity index (χ4v) is 2.17. The van der Waals surface area contributed by atoms with E-state index < -0.39 is 6.03 Å². The van der Waals surface area contributed by atoms with Crippen molar-refractivity contribution in [2.45, 2.75) is 20.5 Å². The summed E-state index contributed by atoms with van der Waals surface area (Å²) in [7, 11) is 1.48. The van der Waals surface area contributed by atoms with E-state index in [4.69, 9.17) is 16.0 Å². The fraction of sp³-hybridized carbons (Fsp3) is 0.222. The molecule has 0 aliphatic heterocycles. The molecule has 0 aliphatic carbocycles. The first-order chi connectivity index (χ1) is 11.4. The van der Waals surface area contributed by atoms with Gasteiger partial charge in [-0.1, -0.05) is 18.2 Å². The largest absolute Gasteiger partial charge is 0.489 e. The molecule has 0 saturated heterocycles. The molecular formula is C18H22N4O2. The second-order valence-electron chi connectivity index (χ2n) is 5.59. The van der Waals surface area contributed by atoms with Gasteiger partial charge in [0.1, 0.15) is 12.4 Å². The van der Waals surface area contributed by atoms with Gasteiger partial charge in [0.15, 0.2) is 0 Å². The summed E-state index contributed by atoms with van der Waals surface area (Å²) in [5, 5.41) is 11.4. The lowest BCUT2D eigenvalue weighted by Gasteiger charge is -2.16. The summed E-state index contributed by atoms with van der Waals surface area (Å²) in [6, 6.07) is 12.7. The average Bonchev–Trinajstić information content (AvgIpc) is 2.54. The molecule has 0 saturated carbocycles. The molecular weight excluding hydrogens is 304 g/mol. The Balaban J connectivity index is 2.12. The number of carbonyl (C=O) groups is 1. The van der Waals surface area contributed by atoms with Crippen LogP contribution in [0.3, 0.4) is 0 Å². The van der Waals surface area contributed by atoms with Gasteiger partial charge in [-0.25, -0.2) is 10.6 Å². The van der Waals surface area contributed by atoms with Crippen molar-refractivity contribution in [1.29, 1.82) is 5.41 Å². The number of hydrogen-bond acceptors (Lipinski definition) is 4. The minimum atomic E-state index is -0.399. The number of carbonyl (C=O) groups excluding carboxylic acids is 1. The Morgan fingerprint density at radius 2 is 2.00 bits per heavy atom. The van der Waals surface area contributed by atoms with Crippen LogP contribution in [0.15, 0.2) is 42.5 Å². The monoisotopic (exact) mass is 326 g/mol. The predicted octanol–water partition coefficient (Wildman–Crippen LogP) is 3.30. The molecule has 0 fully saturated rings. The second-order valence-corrected chi connectivity index (χ2v) is 5.59. The van der Waals surface area contributed by atoms with Crippen LogP contribution in [0.5, 0.6) is 5.75 Å². The molecule has 2 aromatic rings. The van der Waals surface area contributed by atoms with Crippen molar-refractivity contribution in [2.75, 3.05) is 12.4 Å². The third kappa shape index (κ3) is 4.33. The highest BCUT2D eigenvalue weighted by atomic mass is 16.5. The topological polar surface area (TPSA) is 91.4 Å². The van der Waals surface area contributed by atoms with Gasteiger partial charge in [-0.3, -0.25) is 5.01 Å². The quantitative estimate of drug-likeness (QED) is 0.341. The number of aryl methyl sites for hydroxylation is 1. The predicted molar refractivity (Wildman–Crippen MR) is 95.4 cm³/mol. The number of benzene rings is 2. The Morgan fingerprint density at radius 1 is 1.29 bits per heavy atom. The smallest absolute Gasteiger partial charge is 0.335 e. The zero-order chi connectivity index (χ0) is 17.7. The van der Waals surface area contributed by atoms with Crippen molar-refractivity contribution in [3.63, 3.8) is 0 Å². The molecule has 0 unspecified atom stereocenters. The summed E-state index contributed by atoms with van der Waals surface area (Å²) in [5.41, 5.74) is 3.85. The van der Waals surface area contributed by atoms with Crippen molar-refractivity contribution in [3.05, 3.63) is 59.2 Å². The van der Waals surface area contributed by atoms with Gasteiger partial charge in [0.25, 0.3) is 0 Å². The van der Waals surface area contributed by atoms with Gasteiger partial charge in [-0.15, -0.1) is 0 Å². The summed E-state index contributed by atoms with van der Waals surface area (Å²) in [6.45, 7) is 4.01. The molecule has 24 heavy (non-hydrogen) atoms. The van der Waals surface area contributed by atoms with Crippen molar-refractivity contribution in [1.82, 2.24) is 5.01 Å². The van der Waals surface area contributed by atoms with E-state index in [-0.39, 0.29) is 0 Å². The number of nitrogens with two attached hydrogens (primary N) is 1. The Hall–Kier alpha value is -2.86. The number of para-hydroxylation sites is 1. The van der Waals surface area contributed by atoms with Crippen LogP contribution in [0.25, 0.3) is 0 Å². The van der Waals surface area contributed by atoms with Gasteiger partial charge in [0.2, 0.25) is 0 Å². The lowest BCUT2D eigenvalue weighted by atomic mass is 10.1. The van der Waals surface area contributed by atoms with Gasteiger partial charge in [-0.2, -0.15) is 0 Å². The molecule has 2 aromatic carbocycles. The average molecular weight is 326 g/mol. The summed E-state index contributed by atoms with van der Waals surface area (Å²) < 4.78 is 5.87. The maximum atomic E-state index is 11.7. The highest BCUT2D eigenvalue weighted by Gasteiger charge is 2.09. The van der Waals surface area contributed by atoms with Gasteiger partial charge in [0, 0.05) is 24.0 Å². The molecule has 0 aliphatic rings. The Kier molecular flexibility index (Phi) is 5.55. The van der Waals surface area contributed by atoms with Gasteiger partial charge in [-0.05, 0) is 49.2 Å². The van der Waals surface area contributed by atoms with Crippen molar-refractivity contribution >= 4 is 17.4 Å². The highest BCUT2D eigenvalue weighted by Crippen LogP contribution is 2.23. The van der Waals surface area contributed by atoms with E-state index in [1.807, 2.05) is 43.3 Å². The van der Waals surface area contributed by atoms with E-state index >= 15 is 0 Å². The lowest BCUT2D eigenvalue weighted by Crippen LogP contribution is -2.37. The lowest BCUT2D eigenvalue weighted by molar-refractivity contribution is 0.223. The molecule has 0 bridgehead atoms. The zero-order valence-electron chi connectivity index (χ0n) is 14.1. The molecule has 0 heterocycles. The number of ether oxygens (including phenoxy) is 1. The molecule has 2 rings (SSSR count). The zero-order valence-corrected chi connectivity index (χ0v) is 14.1. The van der Waals surface area contributed by atoms with Crippen molar-refractivity contribution in [3.8, 4) is 5.75 Å². The summed E-state index contributed by atoms with van der Waals surface area (Å²) >= 11 is 0. The standard InChI is InChI=1S/C18H22N4O2/c1-12-10-14(13(2)19)8-9-17(12)24-11-15-6-4-5-7-16(15)21-18(23)22(3)20/h4-10,19H,11,20H2,1-3H3,(H,21,23). The second kappa shape index (κ2) is 7.61. The third-order valence-electron chi connectivity index (χ3n) is 3.57. The first-order valence-corrected chi connectivity index (χ1v) is 7.54. The molecule has 6 nitrogen and oxygen atoms in total. The van der Waals surface area contributed by atoms with E-state index in [2.05, 4.69) is 5.32 Å². The van der Waals surface area contributed by atoms with E-state index in [0.717, 1.165) is 27.4 Å². The summed E-state index contributed by atoms with van der Waals surface area (Å²) in [4.78, 5) is 11.7. The molecule has 0 spiro atoms. The summed E-state index contributed by atoms with van der Waals surface area (Å²) in [5.74, 6) is 6.18. The molecule has 0 atom stereocenters. The number of rotatable bonds is 5. The van der Waals surface area contributed by atoms with Gasteiger partial charge >= 0.3 is 6.03 Å². The Labute approximate surface area is 141 Å². The normalized spacial score (nSPS) is 10.2. The number of nitrogens with one attached hydrogen (secondary N) is 2. The van der Waals surface area contributed by atoms with Crippen LogP contribution in [0.4, 0.5) is 10.5 Å². The van der Waals surface area contributed by atoms with Crippen LogP contribution in [-0.4, -0.2) is 23.8 Å². The molecule has 0 aromatic heterocycles. The van der Waals surface area contributed by atoms with Crippen LogP contribution in [0.1, 0.15) is 23.6 Å². The number of hydrazine groups is 1. The van der Waals surface area contributed by atoms with Crippen LogP contribution in [0.2, 0.25) is 0 Å². The van der Waals surface area contributed by atoms with Crippen LogP contribution in [0, 0.1) is 12.3 Å². The molecule has 2 amide bonds. The minimum absolute atomic E-state index is 0.314. The maximum absolute atomic E-state index is 11.7.